The van der Waals surface area contributed by atoms with Gasteiger partial charge in [-0.3, -0.25) is 9.78 Å². The molecule has 2 N–H and O–H groups in total. The number of anilines is 1. The molecule has 28 heavy (non-hydrogen) atoms. The van der Waals surface area contributed by atoms with Gasteiger partial charge in [0.2, 0.25) is 6.79 Å². The van der Waals surface area contributed by atoms with Crippen molar-refractivity contribution in [1.29, 1.82) is 0 Å². The summed E-state index contributed by atoms with van der Waals surface area (Å²) in [5.74, 6) is 1.20. The van der Waals surface area contributed by atoms with Crippen molar-refractivity contribution in [1.82, 2.24) is 10.3 Å². The standard InChI is InChI=1S/C22H21N3O3/c1-15(17-5-3-2-4-6-17)25-18-9-10-23-19(12-18)22(26)24-13-16-7-8-20-21(11-16)28-14-27-20/h2-12,15H,13-14H2,1H3,(H,23,25)(H,24,26). The Hall–Kier alpha value is -3.54. The predicted octanol–water partition coefficient (Wildman–Crippen LogP) is 3.91. The number of pyridine rings is 1. The summed E-state index contributed by atoms with van der Waals surface area (Å²) in [6.07, 6.45) is 1.63. The minimum absolute atomic E-state index is 0.119. The van der Waals surface area contributed by atoms with Crippen molar-refractivity contribution in [3.8, 4) is 11.5 Å². The number of ether oxygens (including phenoxy) is 2. The first-order chi connectivity index (χ1) is 13.7. The second-order valence-electron chi connectivity index (χ2n) is 6.58. The number of hydrogen-bond donors (Lipinski definition) is 2. The second-order valence-corrected chi connectivity index (χ2v) is 6.58. The predicted molar refractivity (Wildman–Crippen MR) is 106 cm³/mol. The minimum atomic E-state index is -0.228. The Morgan fingerprint density at radius 3 is 2.75 bits per heavy atom. The molecule has 0 fully saturated rings. The maximum atomic E-state index is 12.5. The van der Waals surface area contributed by atoms with E-state index in [-0.39, 0.29) is 18.7 Å². The fourth-order valence-corrected chi connectivity index (χ4v) is 3.04. The van der Waals surface area contributed by atoms with Gasteiger partial charge < -0.3 is 20.1 Å². The molecule has 3 aromatic rings. The lowest BCUT2D eigenvalue weighted by molar-refractivity contribution is 0.0946. The van der Waals surface area contributed by atoms with Gasteiger partial charge in [-0.2, -0.15) is 0 Å². The highest BCUT2D eigenvalue weighted by Gasteiger charge is 2.14. The van der Waals surface area contributed by atoms with E-state index >= 15 is 0 Å². The average molecular weight is 375 g/mol. The number of amides is 1. The van der Waals surface area contributed by atoms with Crippen LogP contribution in [0, 0.1) is 0 Å². The number of nitrogens with zero attached hydrogens (tertiary/aromatic N) is 1. The normalized spacial score (nSPS) is 13.0. The van der Waals surface area contributed by atoms with E-state index in [1.54, 1.807) is 12.3 Å². The zero-order chi connectivity index (χ0) is 19.3. The van der Waals surface area contributed by atoms with E-state index in [2.05, 4.69) is 34.7 Å². The molecule has 142 valence electrons. The maximum Gasteiger partial charge on any atom is 0.270 e. The number of rotatable bonds is 6. The highest BCUT2D eigenvalue weighted by Crippen LogP contribution is 2.32. The summed E-state index contributed by atoms with van der Waals surface area (Å²) in [7, 11) is 0. The molecule has 4 rings (SSSR count). The van der Waals surface area contributed by atoms with Crippen LogP contribution in [0.15, 0.2) is 66.9 Å². The number of hydrogen-bond acceptors (Lipinski definition) is 5. The topological polar surface area (TPSA) is 72.5 Å². The largest absolute Gasteiger partial charge is 0.454 e. The van der Waals surface area contributed by atoms with Gasteiger partial charge in [-0.25, -0.2) is 0 Å². The second kappa shape index (κ2) is 8.00. The summed E-state index contributed by atoms with van der Waals surface area (Å²) in [6.45, 7) is 2.70. The van der Waals surface area contributed by atoms with E-state index in [0.29, 0.717) is 18.0 Å². The fourth-order valence-electron chi connectivity index (χ4n) is 3.04. The van der Waals surface area contributed by atoms with Crippen molar-refractivity contribution < 1.29 is 14.3 Å². The van der Waals surface area contributed by atoms with Gasteiger partial charge in [-0.1, -0.05) is 36.4 Å². The van der Waals surface area contributed by atoms with E-state index in [0.717, 1.165) is 17.0 Å². The molecule has 0 radical (unpaired) electrons. The van der Waals surface area contributed by atoms with Crippen LogP contribution < -0.4 is 20.1 Å². The summed E-state index contributed by atoms with van der Waals surface area (Å²) in [6, 6.07) is 19.5. The van der Waals surface area contributed by atoms with Gasteiger partial charge in [-0.05, 0) is 42.3 Å². The van der Waals surface area contributed by atoms with Crippen molar-refractivity contribution in [2.45, 2.75) is 19.5 Å². The molecule has 1 atom stereocenters. The number of aromatic nitrogens is 1. The molecular weight excluding hydrogens is 354 g/mol. The summed E-state index contributed by atoms with van der Waals surface area (Å²) < 4.78 is 10.7. The van der Waals surface area contributed by atoms with Crippen molar-refractivity contribution in [3.63, 3.8) is 0 Å². The third-order valence-electron chi connectivity index (χ3n) is 4.57. The van der Waals surface area contributed by atoms with Gasteiger partial charge in [0, 0.05) is 24.5 Å². The van der Waals surface area contributed by atoms with E-state index < -0.39 is 0 Å². The lowest BCUT2D eigenvalue weighted by Crippen LogP contribution is -2.24. The molecule has 1 unspecified atom stereocenters. The number of carbonyl (C=O) groups is 1. The lowest BCUT2D eigenvalue weighted by atomic mass is 10.1. The maximum absolute atomic E-state index is 12.5. The number of nitrogens with one attached hydrogen (secondary N) is 2. The van der Waals surface area contributed by atoms with Gasteiger partial charge >= 0.3 is 0 Å². The number of fused-ring (bicyclic) bond motifs is 1. The van der Waals surface area contributed by atoms with Crippen LogP contribution in [-0.2, 0) is 6.54 Å². The molecule has 1 aliphatic rings. The smallest absolute Gasteiger partial charge is 0.270 e. The van der Waals surface area contributed by atoms with Crippen molar-refractivity contribution >= 4 is 11.6 Å². The summed E-state index contributed by atoms with van der Waals surface area (Å²) >= 11 is 0. The Labute approximate surface area is 163 Å². The van der Waals surface area contributed by atoms with Crippen molar-refractivity contribution in [2.75, 3.05) is 12.1 Å². The summed E-state index contributed by atoms with van der Waals surface area (Å²) in [5, 5.41) is 6.30. The molecule has 6 nitrogen and oxygen atoms in total. The Kier molecular flexibility index (Phi) is 5.10. The fraction of sp³-hybridized carbons (Fsp3) is 0.182. The van der Waals surface area contributed by atoms with Crippen LogP contribution in [-0.4, -0.2) is 17.7 Å². The Morgan fingerprint density at radius 1 is 1.07 bits per heavy atom. The van der Waals surface area contributed by atoms with E-state index in [9.17, 15) is 4.79 Å². The molecule has 0 saturated heterocycles. The zero-order valence-electron chi connectivity index (χ0n) is 15.5. The third-order valence-corrected chi connectivity index (χ3v) is 4.57. The molecule has 1 amide bonds. The van der Waals surface area contributed by atoms with Crippen LogP contribution in [0.1, 0.15) is 34.6 Å². The molecule has 1 aromatic heterocycles. The first-order valence-corrected chi connectivity index (χ1v) is 9.13. The minimum Gasteiger partial charge on any atom is -0.454 e. The van der Waals surface area contributed by atoms with Crippen molar-refractivity contribution in [2.24, 2.45) is 0 Å². The Bertz CT molecular complexity index is 976. The first kappa shape index (κ1) is 17.9. The van der Waals surface area contributed by atoms with Gasteiger partial charge in [-0.15, -0.1) is 0 Å². The highest BCUT2D eigenvalue weighted by molar-refractivity contribution is 5.93. The molecule has 0 spiro atoms. The molecule has 0 bridgehead atoms. The molecule has 0 aliphatic carbocycles. The van der Waals surface area contributed by atoms with Crippen LogP contribution in [0.5, 0.6) is 11.5 Å². The quantitative estimate of drug-likeness (QED) is 0.683. The van der Waals surface area contributed by atoms with Gasteiger partial charge in [0.1, 0.15) is 5.69 Å². The average Bonchev–Trinajstić information content (AvgIpc) is 3.20. The monoisotopic (exact) mass is 375 g/mol. The van der Waals surface area contributed by atoms with Crippen LogP contribution in [0.4, 0.5) is 5.69 Å². The molecule has 1 aliphatic heterocycles. The number of carbonyl (C=O) groups excluding carboxylic acids is 1. The Balaban J connectivity index is 1.39. The van der Waals surface area contributed by atoms with Gasteiger partial charge in [0.05, 0.1) is 0 Å². The van der Waals surface area contributed by atoms with Crippen LogP contribution >= 0.6 is 0 Å². The van der Waals surface area contributed by atoms with E-state index in [1.165, 1.54) is 5.56 Å². The summed E-state index contributed by atoms with van der Waals surface area (Å²) in [4.78, 5) is 16.7. The van der Waals surface area contributed by atoms with Gasteiger partial charge in [0.15, 0.2) is 11.5 Å². The Morgan fingerprint density at radius 2 is 1.89 bits per heavy atom. The first-order valence-electron chi connectivity index (χ1n) is 9.13. The zero-order valence-corrected chi connectivity index (χ0v) is 15.5. The van der Waals surface area contributed by atoms with Gasteiger partial charge in [0.25, 0.3) is 5.91 Å². The molecule has 6 heteroatoms. The van der Waals surface area contributed by atoms with E-state index in [1.807, 2.05) is 42.5 Å². The van der Waals surface area contributed by atoms with E-state index in [4.69, 9.17) is 9.47 Å². The molecule has 2 heterocycles. The number of benzene rings is 2. The van der Waals surface area contributed by atoms with Crippen molar-refractivity contribution in [3.05, 3.63) is 83.7 Å². The van der Waals surface area contributed by atoms with Crippen LogP contribution in [0.25, 0.3) is 0 Å². The highest BCUT2D eigenvalue weighted by atomic mass is 16.7. The molecule has 2 aromatic carbocycles. The third kappa shape index (κ3) is 4.06. The molecule has 0 saturated carbocycles. The summed E-state index contributed by atoms with van der Waals surface area (Å²) in [5.41, 5.74) is 3.32. The van der Waals surface area contributed by atoms with Crippen LogP contribution in [0.3, 0.4) is 0 Å². The SMILES string of the molecule is CC(Nc1ccnc(C(=O)NCc2ccc3c(c2)OCO3)c1)c1ccccc1. The molecular formula is C22H21N3O3. The lowest BCUT2D eigenvalue weighted by Gasteiger charge is -2.16. The van der Waals surface area contributed by atoms with Crippen LogP contribution in [0.2, 0.25) is 0 Å².